The van der Waals surface area contributed by atoms with Gasteiger partial charge in [0.25, 0.3) is 5.56 Å². The second kappa shape index (κ2) is 7.32. The third kappa shape index (κ3) is 3.35. The van der Waals surface area contributed by atoms with Crippen molar-refractivity contribution in [3.05, 3.63) is 76.5 Å². The molecule has 136 valence electrons. The van der Waals surface area contributed by atoms with Gasteiger partial charge in [-0.3, -0.25) is 9.36 Å². The molecule has 27 heavy (non-hydrogen) atoms. The molecular weight excluding hydrogens is 367 g/mol. The highest BCUT2D eigenvalue weighted by atomic mass is 32.2. The van der Waals surface area contributed by atoms with Gasteiger partial charge in [-0.2, -0.15) is 0 Å². The van der Waals surface area contributed by atoms with Crippen LogP contribution in [-0.2, 0) is 12.2 Å². The van der Waals surface area contributed by atoms with E-state index >= 15 is 0 Å². The van der Waals surface area contributed by atoms with Gasteiger partial charge in [0.1, 0.15) is 5.82 Å². The highest BCUT2D eigenvalue weighted by Gasteiger charge is 2.17. The Kier molecular flexibility index (Phi) is 4.72. The molecule has 0 spiro atoms. The van der Waals surface area contributed by atoms with Gasteiger partial charge in [0.2, 0.25) is 11.8 Å². The van der Waals surface area contributed by atoms with Gasteiger partial charge in [-0.15, -0.1) is 10.2 Å². The third-order valence-corrected chi connectivity index (χ3v) is 4.90. The Morgan fingerprint density at radius 1 is 1.07 bits per heavy atom. The number of benzene rings is 2. The quantitative estimate of drug-likeness (QED) is 0.386. The fourth-order valence-electron chi connectivity index (χ4n) is 2.67. The molecule has 0 atom stereocenters. The van der Waals surface area contributed by atoms with E-state index in [-0.39, 0.29) is 11.2 Å². The maximum atomic E-state index is 14.4. The van der Waals surface area contributed by atoms with Crippen LogP contribution in [0.4, 0.5) is 4.39 Å². The van der Waals surface area contributed by atoms with Crippen LogP contribution < -0.4 is 5.56 Å². The smallest absolute Gasteiger partial charge is 0.266 e. The highest BCUT2D eigenvalue weighted by Crippen LogP contribution is 2.25. The molecule has 6 nitrogen and oxygen atoms in total. The number of thioether (sulfide) groups is 1. The van der Waals surface area contributed by atoms with Gasteiger partial charge in [-0.1, -0.05) is 43.0 Å². The van der Waals surface area contributed by atoms with Crippen molar-refractivity contribution in [1.29, 1.82) is 0 Å². The minimum atomic E-state index is -0.496. The molecule has 8 heteroatoms. The zero-order valence-corrected chi connectivity index (χ0v) is 15.2. The summed E-state index contributed by atoms with van der Waals surface area (Å²) in [5.74, 6) is 0.805. The summed E-state index contributed by atoms with van der Waals surface area (Å²) in [6.45, 7) is 1.92. The van der Waals surface area contributed by atoms with Crippen LogP contribution in [0.5, 0.6) is 0 Å². The largest absolute Gasteiger partial charge is 0.424 e. The summed E-state index contributed by atoms with van der Waals surface area (Å²) in [7, 11) is 0. The molecule has 0 aliphatic carbocycles. The van der Waals surface area contributed by atoms with Gasteiger partial charge in [0.05, 0.1) is 22.3 Å². The van der Waals surface area contributed by atoms with Crippen LogP contribution in [0.2, 0.25) is 0 Å². The lowest BCUT2D eigenvalue weighted by atomic mass is 10.2. The number of halogens is 1. The SMILES string of the molecule is CCc1nnc(CSc2nc3ccccc3c(=O)n2-c2ccccc2F)o1. The molecule has 4 rings (SSSR count). The standard InChI is InChI=1S/C19H15FN4O2S/c1-2-16-22-23-17(26-16)11-27-19-21-14-9-5-3-7-12(14)18(25)24(19)15-10-6-4-8-13(15)20/h3-10H,2,11H2,1H3. The Labute approximate surface area is 158 Å². The Morgan fingerprint density at radius 3 is 2.59 bits per heavy atom. The zero-order chi connectivity index (χ0) is 18.8. The first-order chi connectivity index (χ1) is 13.2. The maximum absolute atomic E-state index is 14.4. The van der Waals surface area contributed by atoms with E-state index in [1.807, 2.05) is 13.0 Å². The molecule has 2 heterocycles. The fourth-order valence-corrected chi connectivity index (χ4v) is 3.51. The molecule has 0 fully saturated rings. The van der Waals surface area contributed by atoms with E-state index in [0.29, 0.717) is 40.0 Å². The molecule has 0 aliphatic heterocycles. The van der Waals surface area contributed by atoms with Gasteiger partial charge < -0.3 is 4.42 Å². The number of hydrogen-bond acceptors (Lipinski definition) is 6. The second-order valence-electron chi connectivity index (χ2n) is 5.74. The van der Waals surface area contributed by atoms with E-state index in [1.165, 1.54) is 22.4 Å². The average molecular weight is 382 g/mol. The van der Waals surface area contributed by atoms with Crippen molar-refractivity contribution in [3.8, 4) is 5.69 Å². The summed E-state index contributed by atoms with van der Waals surface area (Å²) in [6.07, 6.45) is 0.645. The Morgan fingerprint density at radius 2 is 1.81 bits per heavy atom. The van der Waals surface area contributed by atoms with Crippen LogP contribution in [0, 0.1) is 5.82 Å². The number of fused-ring (bicyclic) bond motifs is 1. The molecule has 4 aromatic rings. The number of hydrogen-bond donors (Lipinski definition) is 0. The van der Waals surface area contributed by atoms with Crippen LogP contribution in [0.15, 0.2) is 62.9 Å². The van der Waals surface area contributed by atoms with Crippen molar-refractivity contribution in [2.24, 2.45) is 0 Å². The summed E-state index contributed by atoms with van der Waals surface area (Å²) in [5, 5.41) is 8.70. The predicted molar refractivity (Wildman–Crippen MR) is 101 cm³/mol. The van der Waals surface area contributed by atoms with Crippen LogP contribution in [0.3, 0.4) is 0 Å². The Bertz CT molecular complexity index is 1170. The van der Waals surface area contributed by atoms with E-state index in [2.05, 4.69) is 15.2 Å². The summed E-state index contributed by atoms with van der Waals surface area (Å²) in [6, 6.07) is 13.1. The summed E-state index contributed by atoms with van der Waals surface area (Å²) in [5.41, 5.74) is 0.383. The maximum Gasteiger partial charge on any atom is 0.266 e. The molecule has 0 N–H and O–H groups in total. The van der Waals surface area contributed by atoms with Crippen molar-refractivity contribution >= 4 is 22.7 Å². The minimum Gasteiger partial charge on any atom is -0.424 e. The van der Waals surface area contributed by atoms with Crippen LogP contribution in [0.25, 0.3) is 16.6 Å². The molecule has 0 saturated heterocycles. The number of aromatic nitrogens is 4. The van der Waals surface area contributed by atoms with Crippen LogP contribution >= 0.6 is 11.8 Å². The van der Waals surface area contributed by atoms with E-state index in [1.54, 1.807) is 36.4 Å². The molecule has 2 aromatic carbocycles. The molecule has 0 bridgehead atoms. The number of para-hydroxylation sites is 2. The van der Waals surface area contributed by atoms with Crippen molar-refractivity contribution < 1.29 is 8.81 Å². The average Bonchev–Trinajstić information content (AvgIpc) is 3.16. The van der Waals surface area contributed by atoms with Crippen LogP contribution in [0.1, 0.15) is 18.7 Å². The molecule has 0 saturated carbocycles. The lowest BCUT2D eigenvalue weighted by Gasteiger charge is -2.13. The zero-order valence-electron chi connectivity index (χ0n) is 14.4. The Hall–Kier alpha value is -3.00. The minimum absolute atomic E-state index is 0.156. The van der Waals surface area contributed by atoms with Gasteiger partial charge in [-0.05, 0) is 24.3 Å². The van der Waals surface area contributed by atoms with Crippen molar-refractivity contribution in [3.63, 3.8) is 0 Å². The lowest BCUT2D eigenvalue weighted by Crippen LogP contribution is -2.22. The van der Waals surface area contributed by atoms with E-state index in [9.17, 15) is 9.18 Å². The van der Waals surface area contributed by atoms with Crippen molar-refractivity contribution in [2.45, 2.75) is 24.3 Å². The van der Waals surface area contributed by atoms with E-state index < -0.39 is 5.82 Å². The molecule has 0 unspecified atom stereocenters. The van der Waals surface area contributed by atoms with Crippen molar-refractivity contribution in [1.82, 2.24) is 19.7 Å². The summed E-state index contributed by atoms with van der Waals surface area (Å²) < 4.78 is 21.2. The van der Waals surface area contributed by atoms with Gasteiger partial charge in [-0.25, -0.2) is 9.37 Å². The predicted octanol–water partition coefficient (Wildman–Crippen LogP) is 3.76. The Balaban J connectivity index is 1.83. The third-order valence-electron chi connectivity index (χ3n) is 3.97. The van der Waals surface area contributed by atoms with E-state index in [4.69, 9.17) is 4.42 Å². The second-order valence-corrected chi connectivity index (χ2v) is 6.68. The first-order valence-electron chi connectivity index (χ1n) is 8.38. The van der Waals surface area contributed by atoms with Crippen LogP contribution in [-0.4, -0.2) is 19.7 Å². The molecule has 0 amide bonds. The topological polar surface area (TPSA) is 73.8 Å². The number of aryl methyl sites for hydroxylation is 1. The summed E-state index contributed by atoms with van der Waals surface area (Å²) >= 11 is 1.25. The van der Waals surface area contributed by atoms with Crippen molar-refractivity contribution in [2.75, 3.05) is 0 Å². The first-order valence-corrected chi connectivity index (χ1v) is 9.36. The highest BCUT2D eigenvalue weighted by molar-refractivity contribution is 7.98. The van der Waals surface area contributed by atoms with Gasteiger partial charge in [0.15, 0.2) is 5.16 Å². The molecule has 2 aromatic heterocycles. The molecule has 0 radical (unpaired) electrons. The van der Waals surface area contributed by atoms with E-state index in [0.717, 1.165) is 0 Å². The monoisotopic (exact) mass is 382 g/mol. The molecule has 0 aliphatic rings. The molecular formula is C19H15FN4O2S. The fraction of sp³-hybridized carbons (Fsp3) is 0.158. The number of nitrogens with zero attached hydrogens (tertiary/aromatic N) is 4. The first kappa shape index (κ1) is 17.4. The number of rotatable bonds is 5. The normalized spacial score (nSPS) is 11.2. The lowest BCUT2D eigenvalue weighted by molar-refractivity contribution is 0.469. The summed E-state index contributed by atoms with van der Waals surface area (Å²) in [4.78, 5) is 17.6. The van der Waals surface area contributed by atoms with Gasteiger partial charge >= 0.3 is 0 Å². The van der Waals surface area contributed by atoms with Gasteiger partial charge in [0, 0.05) is 6.42 Å².